The Morgan fingerprint density at radius 3 is 2.64 bits per heavy atom. The van der Waals surface area contributed by atoms with Crippen LogP contribution in [0.2, 0.25) is 0 Å². The topological polar surface area (TPSA) is 124 Å². The number of halogens is 3. The van der Waals surface area contributed by atoms with Crippen molar-refractivity contribution in [3.8, 4) is 5.75 Å². The SMILES string of the molecule is O=C(CCC(F)(F)F)N[C@H]1Cc2cccc(C(=O)OCOC(=O)c3cccnc3)c2OB1O. The Labute approximate surface area is 186 Å². The van der Waals surface area contributed by atoms with Gasteiger partial charge in [0, 0.05) is 18.8 Å². The third-order valence-electron chi connectivity index (χ3n) is 4.60. The number of carbonyl (C=O) groups excluding carboxylic acids is 3. The molecule has 1 amide bonds. The van der Waals surface area contributed by atoms with Gasteiger partial charge in [-0.3, -0.25) is 9.78 Å². The number of carbonyl (C=O) groups is 3. The summed E-state index contributed by atoms with van der Waals surface area (Å²) in [5.74, 6) is -3.55. The van der Waals surface area contributed by atoms with Crippen molar-refractivity contribution in [2.75, 3.05) is 6.79 Å². The molecule has 3 rings (SSSR count). The minimum Gasteiger partial charge on any atom is -0.534 e. The van der Waals surface area contributed by atoms with Gasteiger partial charge >= 0.3 is 25.2 Å². The second kappa shape index (κ2) is 10.3. The Morgan fingerprint density at radius 1 is 1.18 bits per heavy atom. The monoisotopic (exact) mass is 466 g/mol. The Kier molecular flexibility index (Phi) is 7.54. The first-order valence-corrected chi connectivity index (χ1v) is 9.71. The van der Waals surface area contributed by atoms with E-state index in [0.717, 1.165) is 0 Å². The number of ether oxygens (including phenoxy) is 2. The van der Waals surface area contributed by atoms with Crippen LogP contribution in [0.25, 0.3) is 0 Å². The van der Waals surface area contributed by atoms with Gasteiger partial charge in [-0.2, -0.15) is 13.2 Å². The maximum Gasteiger partial charge on any atom is 0.547 e. The smallest absolute Gasteiger partial charge is 0.534 e. The molecule has 0 unspecified atom stereocenters. The molecule has 13 heteroatoms. The Hall–Kier alpha value is -3.61. The number of esters is 2. The summed E-state index contributed by atoms with van der Waals surface area (Å²) in [6.45, 7) is -0.684. The number of aromatic nitrogens is 1. The zero-order valence-electron chi connectivity index (χ0n) is 17.0. The number of para-hydroxylation sites is 1. The molecule has 174 valence electrons. The van der Waals surface area contributed by atoms with E-state index in [9.17, 15) is 32.6 Å². The number of benzene rings is 1. The van der Waals surface area contributed by atoms with Gasteiger partial charge in [-0.25, -0.2) is 9.59 Å². The lowest BCUT2D eigenvalue weighted by molar-refractivity contribution is -0.144. The number of pyridine rings is 1. The fourth-order valence-corrected chi connectivity index (χ4v) is 3.02. The maximum absolute atomic E-state index is 12.4. The van der Waals surface area contributed by atoms with Crippen molar-refractivity contribution in [2.45, 2.75) is 31.4 Å². The van der Waals surface area contributed by atoms with E-state index in [1.54, 1.807) is 6.07 Å². The second-order valence-corrected chi connectivity index (χ2v) is 7.02. The van der Waals surface area contributed by atoms with E-state index in [-0.39, 0.29) is 23.3 Å². The molecule has 0 saturated carbocycles. The minimum absolute atomic E-state index is 0.00521. The van der Waals surface area contributed by atoms with Crippen LogP contribution in [0.5, 0.6) is 5.75 Å². The molecule has 1 aromatic carbocycles. The van der Waals surface area contributed by atoms with Gasteiger partial charge in [0.05, 0.1) is 17.9 Å². The Morgan fingerprint density at radius 2 is 1.94 bits per heavy atom. The van der Waals surface area contributed by atoms with Crippen LogP contribution in [0.1, 0.15) is 39.1 Å². The molecule has 0 spiro atoms. The lowest BCUT2D eigenvalue weighted by Gasteiger charge is -2.29. The number of hydrogen-bond donors (Lipinski definition) is 2. The molecule has 9 nitrogen and oxygen atoms in total. The third-order valence-corrected chi connectivity index (χ3v) is 4.60. The molecule has 0 fully saturated rings. The molecule has 1 atom stereocenters. The van der Waals surface area contributed by atoms with Gasteiger partial charge in [0.1, 0.15) is 11.3 Å². The summed E-state index contributed by atoms with van der Waals surface area (Å²) >= 11 is 0. The van der Waals surface area contributed by atoms with Crippen molar-refractivity contribution in [1.82, 2.24) is 10.3 Å². The lowest BCUT2D eigenvalue weighted by Crippen LogP contribution is -2.53. The molecule has 1 aliphatic rings. The number of hydrogen-bond acceptors (Lipinski definition) is 8. The molecule has 0 saturated heterocycles. The first-order valence-electron chi connectivity index (χ1n) is 9.71. The largest absolute Gasteiger partial charge is 0.547 e. The molecule has 2 heterocycles. The third kappa shape index (κ3) is 6.69. The van der Waals surface area contributed by atoms with E-state index >= 15 is 0 Å². The zero-order valence-corrected chi connectivity index (χ0v) is 17.0. The molecule has 1 aliphatic heterocycles. The van der Waals surface area contributed by atoms with Crippen molar-refractivity contribution < 1.29 is 46.7 Å². The van der Waals surface area contributed by atoms with E-state index in [4.69, 9.17) is 14.1 Å². The average Bonchev–Trinajstić information content (AvgIpc) is 2.78. The maximum atomic E-state index is 12.4. The second-order valence-electron chi connectivity index (χ2n) is 7.02. The summed E-state index contributed by atoms with van der Waals surface area (Å²) in [5, 5.41) is 12.5. The first kappa shape index (κ1) is 24.0. The van der Waals surface area contributed by atoms with Crippen LogP contribution < -0.4 is 9.97 Å². The van der Waals surface area contributed by atoms with Crippen molar-refractivity contribution >= 4 is 25.0 Å². The fourth-order valence-electron chi connectivity index (χ4n) is 3.02. The van der Waals surface area contributed by atoms with E-state index < -0.39 is 56.7 Å². The number of nitrogens with zero attached hydrogens (tertiary/aromatic N) is 1. The highest BCUT2D eigenvalue weighted by Gasteiger charge is 2.38. The summed E-state index contributed by atoms with van der Waals surface area (Å²) in [6, 6.07) is 7.43. The number of fused-ring (bicyclic) bond motifs is 1. The molecule has 2 N–H and O–H groups in total. The first-order chi connectivity index (χ1) is 15.6. The Bertz CT molecular complexity index is 1020. The molecule has 0 radical (unpaired) electrons. The summed E-state index contributed by atoms with van der Waals surface area (Å²) in [6.07, 6.45) is -3.80. The van der Waals surface area contributed by atoms with Crippen LogP contribution in [0.15, 0.2) is 42.7 Å². The van der Waals surface area contributed by atoms with Crippen LogP contribution >= 0.6 is 0 Å². The van der Waals surface area contributed by atoms with Gasteiger partial charge in [-0.1, -0.05) is 12.1 Å². The van der Waals surface area contributed by atoms with Crippen LogP contribution in [-0.2, 0) is 20.7 Å². The molecule has 2 aromatic rings. The van der Waals surface area contributed by atoms with Crippen molar-refractivity contribution in [3.63, 3.8) is 0 Å². The summed E-state index contributed by atoms with van der Waals surface area (Å²) in [7, 11) is -1.61. The quantitative estimate of drug-likeness (QED) is 0.360. The number of nitrogens with one attached hydrogen (secondary N) is 1. The molecular formula is C20H18BF3N2O7. The predicted molar refractivity (Wildman–Crippen MR) is 106 cm³/mol. The zero-order chi connectivity index (χ0) is 24.0. The highest BCUT2D eigenvalue weighted by molar-refractivity contribution is 6.47. The standard InChI is InChI=1S/C20H18BF3N2O7/c22-20(23,24)7-6-16(27)26-15-9-12-3-1-5-14(17(12)33-21(15)30)19(29)32-11-31-18(28)13-4-2-8-25-10-13/h1-5,8,10,15,30H,6-7,9,11H2,(H,26,27)/t15-/m0/s1. The highest BCUT2D eigenvalue weighted by Crippen LogP contribution is 2.31. The van der Waals surface area contributed by atoms with Gasteiger partial charge in [0.25, 0.3) is 0 Å². The highest BCUT2D eigenvalue weighted by atomic mass is 19.4. The van der Waals surface area contributed by atoms with E-state index in [0.29, 0.717) is 5.56 Å². The molecular weight excluding hydrogens is 448 g/mol. The van der Waals surface area contributed by atoms with Crippen LogP contribution in [0.3, 0.4) is 0 Å². The van der Waals surface area contributed by atoms with Crippen LogP contribution in [0, 0.1) is 0 Å². The van der Waals surface area contributed by atoms with Gasteiger partial charge in [-0.05, 0) is 30.2 Å². The van der Waals surface area contributed by atoms with Crippen LogP contribution in [0.4, 0.5) is 13.2 Å². The number of rotatable bonds is 7. The molecule has 33 heavy (non-hydrogen) atoms. The summed E-state index contributed by atoms with van der Waals surface area (Å²) in [5.41, 5.74) is 0.523. The average molecular weight is 466 g/mol. The molecule has 0 aliphatic carbocycles. The van der Waals surface area contributed by atoms with Gasteiger partial charge in [-0.15, -0.1) is 0 Å². The van der Waals surface area contributed by atoms with Gasteiger partial charge in [0.2, 0.25) is 12.7 Å². The Balaban J connectivity index is 1.58. The summed E-state index contributed by atoms with van der Waals surface area (Å²) in [4.78, 5) is 39.8. The van der Waals surface area contributed by atoms with Crippen molar-refractivity contribution in [2.24, 2.45) is 0 Å². The van der Waals surface area contributed by atoms with Crippen molar-refractivity contribution in [1.29, 1.82) is 0 Å². The summed E-state index contributed by atoms with van der Waals surface area (Å²) < 4.78 is 52.0. The number of amides is 1. The van der Waals surface area contributed by atoms with E-state index in [1.165, 1.54) is 36.7 Å². The van der Waals surface area contributed by atoms with E-state index in [2.05, 4.69) is 10.3 Å². The number of alkyl halides is 3. The van der Waals surface area contributed by atoms with E-state index in [1.807, 2.05) is 0 Å². The van der Waals surface area contributed by atoms with Crippen molar-refractivity contribution in [3.05, 3.63) is 59.4 Å². The van der Waals surface area contributed by atoms with Gasteiger partial charge in [0.15, 0.2) is 0 Å². The fraction of sp³-hybridized carbons (Fsp3) is 0.300. The normalized spacial score (nSPS) is 15.2. The molecule has 0 bridgehead atoms. The lowest BCUT2D eigenvalue weighted by atomic mass is 9.72. The van der Waals surface area contributed by atoms with Gasteiger partial charge < -0.3 is 24.5 Å². The molecule has 1 aromatic heterocycles. The predicted octanol–water partition coefficient (Wildman–Crippen LogP) is 1.83. The minimum atomic E-state index is -4.48. The van der Waals surface area contributed by atoms with Crippen LogP contribution in [-0.4, -0.2) is 53.9 Å².